The number of benzene rings is 1. The van der Waals surface area contributed by atoms with Crippen molar-refractivity contribution in [3.8, 4) is 0 Å². The molecule has 0 unspecified atom stereocenters. The molecule has 0 heterocycles. The Bertz CT molecular complexity index is 429. The van der Waals surface area contributed by atoms with Gasteiger partial charge in [0.1, 0.15) is 0 Å². The van der Waals surface area contributed by atoms with Gasteiger partial charge >= 0.3 is 0 Å². The summed E-state index contributed by atoms with van der Waals surface area (Å²) in [6.45, 7) is 4.88. The summed E-state index contributed by atoms with van der Waals surface area (Å²) in [7, 11) is 0. The number of amides is 1. The van der Waals surface area contributed by atoms with Gasteiger partial charge in [0.15, 0.2) is 0 Å². The molecule has 3 nitrogen and oxygen atoms in total. The summed E-state index contributed by atoms with van der Waals surface area (Å²) in [6, 6.07) is 5.12. The van der Waals surface area contributed by atoms with Crippen LogP contribution in [0.15, 0.2) is 22.7 Å². The lowest BCUT2D eigenvalue weighted by Crippen LogP contribution is -2.34. The Balaban J connectivity index is 2.60. The van der Waals surface area contributed by atoms with Crippen LogP contribution in [0.3, 0.4) is 0 Å². The first-order chi connectivity index (χ1) is 8.84. The monoisotopic (exact) mass is 347 g/mol. The van der Waals surface area contributed by atoms with E-state index in [1.54, 1.807) is 18.2 Å². The molecule has 106 valence electrons. The number of carbonyl (C=O) groups is 1. The van der Waals surface area contributed by atoms with E-state index in [9.17, 15) is 4.79 Å². The summed E-state index contributed by atoms with van der Waals surface area (Å²) < 4.78 is 0.782. The van der Waals surface area contributed by atoms with E-state index in [0.29, 0.717) is 17.1 Å². The van der Waals surface area contributed by atoms with Crippen molar-refractivity contribution in [2.24, 2.45) is 5.41 Å². The van der Waals surface area contributed by atoms with Crippen LogP contribution in [0.1, 0.15) is 37.0 Å². The van der Waals surface area contributed by atoms with Crippen molar-refractivity contribution in [2.45, 2.75) is 26.7 Å². The fourth-order valence-corrected chi connectivity index (χ4v) is 2.61. The molecule has 1 amide bonds. The van der Waals surface area contributed by atoms with E-state index in [-0.39, 0.29) is 17.9 Å². The first kappa shape index (κ1) is 16.5. The Kier molecular flexibility index (Phi) is 6.30. The van der Waals surface area contributed by atoms with Gasteiger partial charge in [-0.1, -0.05) is 41.4 Å². The van der Waals surface area contributed by atoms with Crippen LogP contribution < -0.4 is 5.32 Å². The lowest BCUT2D eigenvalue weighted by molar-refractivity contribution is 0.0933. The van der Waals surface area contributed by atoms with E-state index in [0.717, 1.165) is 17.3 Å². The molecule has 5 heteroatoms. The largest absolute Gasteiger partial charge is 0.396 e. The van der Waals surface area contributed by atoms with Gasteiger partial charge in [0.2, 0.25) is 0 Å². The normalized spacial score (nSPS) is 11.4. The fourth-order valence-electron chi connectivity index (χ4n) is 1.75. The first-order valence-electron chi connectivity index (χ1n) is 6.19. The Morgan fingerprint density at radius 1 is 1.42 bits per heavy atom. The molecule has 1 aromatic rings. The topological polar surface area (TPSA) is 49.3 Å². The molecule has 1 aromatic carbocycles. The maximum Gasteiger partial charge on any atom is 0.251 e. The number of aliphatic hydroxyl groups excluding tert-OH is 1. The van der Waals surface area contributed by atoms with E-state index >= 15 is 0 Å². The van der Waals surface area contributed by atoms with E-state index in [4.69, 9.17) is 16.7 Å². The highest BCUT2D eigenvalue weighted by Crippen LogP contribution is 2.22. The predicted octanol–water partition coefficient (Wildman–Crippen LogP) is 3.63. The standard InChI is InChI=1S/C14H19BrClNO2/c1-14(2,4-3-5-18)9-17-13(19)10-6-11(15)8-12(16)7-10/h6-8,18H,3-5,9H2,1-2H3,(H,17,19). The van der Waals surface area contributed by atoms with Crippen LogP contribution in [-0.4, -0.2) is 24.2 Å². The predicted molar refractivity (Wildman–Crippen MR) is 81.6 cm³/mol. The second kappa shape index (κ2) is 7.27. The Morgan fingerprint density at radius 3 is 2.68 bits per heavy atom. The second-order valence-corrected chi connectivity index (χ2v) is 6.68. The molecule has 0 fully saturated rings. The van der Waals surface area contributed by atoms with Crippen LogP contribution in [0.5, 0.6) is 0 Å². The number of rotatable bonds is 6. The van der Waals surface area contributed by atoms with Crippen molar-refractivity contribution < 1.29 is 9.90 Å². The average molecular weight is 349 g/mol. The van der Waals surface area contributed by atoms with Crippen molar-refractivity contribution in [3.63, 3.8) is 0 Å². The van der Waals surface area contributed by atoms with Gasteiger partial charge in [-0.15, -0.1) is 0 Å². The molecule has 0 atom stereocenters. The zero-order valence-electron chi connectivity index (χ0n) is 11.2. The van der Waals surface area contributed by atoms with Crippen molar-refractivity contribution in [2.75, 3.05) is 13.2 Å². The molecule has 0 saturated heterocycles. The number of hydrogen-bond donors (Lipinski definition) is 2. The SMILES string of the molecule is CC(C)(CCCO)CNC(=O)c1cc(Cl)cc(Br)c1. The van der Waals surface area contributed by atoms with Crippen LogP contribution in [0.25, 0.3) is 0 Å². The average Bonchev–Trinajstić information content (AvgIpc) is 2.32. The number of hydrogen-bond acceptors (Lipinski definition) is 2. The van der Waals surface area contributed by atoms with E-state index < -0.39 is 0 Å². The quantitative estimate of drug-likeness (QED) is 0.824. The molecule has 0 saturated carbocycles. The van der Waals surface area contributed by atoms with Crippen molar-refractivity contribution in [3.05, 3.63) is 33.3 Å². The molecule has 0 aliphatic rings. The van der Waals surface area contributed by atoms with Crippen molar-refractivity contribution in [1.82, 2.24) is 5.32 Å². The van der Waals surface area contributed by atoms with E-state index in [2.05, 4.69) is 35.1 Å². The first-order valence-corrected chi connectivity index (χ1v) is 7.36. The van der Waals surface area contributed by atoms with E-state index in [1.807, 2.05) is 0 Å². The highest BCUT2D eigenvalue weighted by Gasteiger charge is 2.19. The van der Waals surface area contributed by atoms with Crippen LogP contribution in [-0.2, 0) is 0 Å². The van der Waals surface area contributed by atoms with Gasteiger partial charge in [-0.25, -0.2) is 0 Å². The number of halogens is 2. The third kappa shape index (κ3) is 5.93. The highest BCUT2D eigenvalue weighted by molar-refractivity contribution is 9.10. The number of carbonyl (C=O) groups excluding carboxylic acids is 1. The maximum atomic E-state index is 12.0. The molecule has 2 N–H and O–H groups in total. The Labute approximate surface area is 127 Å². The summed E-state index contributed by atoms with van der Waals surface area (Å²) in [5, 5.41) is 12.3. The molecule has 0 spiro atoms. The number of nitrogens with one attached hydrogen (secondary N) is 1. The second-order valence-electron chi connectivity index (χ2n) is 5.33. The zero-order valence-corrected chi connectivity index (χ0v) is 13.5. The van der Waals surface area contributed by atoms with Crippen molar-refractivity contribution in [1.29, 1.82) is 0 Å². The summed E-state index contributed by atoms with van der Waals surface area (Å²) in [6.07, 6.45) is 1.61. The van der Waals surface area contributed by atoms with Crippen LogP contribution in [0.4, 0.5) is 0 Å². The molecule has 0 aromatic heterocycles. The molecule has 0 aliphatic heterocycles. The van der Waals surface area contributed by atoms with Crippen molar-refractivity contribution >= 4 is 33.4 Å². The molecule has 1 rings (SSSR count). The third-order valence-electron chi connectivity index (χ3n) is 2.86. The highest BCUT2D eigenvalue weighted by atomic mass is 79.9. The van der Waals surface area contributed by atoms with Gasteiger partial charge < -0.3 is 10.4 Å². The van der Waals surface area contributed by atoms with Crippen LogP contribution >= 0.6 is 27.5 Å². The summed E-state index contributed by atoms with van der Waals surface area (Å²) >= 11 is 9.23. The molecular weight excluding hydrogens is 330 g/mol. The minimum absolute atomic E-state index is 0.0335. The molecule has 19 heavy (non-hydrogen) atoms. The minimum atomic E-state index is -0.139. The summed E-state index contributed by atoms with van der Waals surface area (Å²) in [4.78, 5) is 12.0. The Morgan fingerprint density at radius 2 is 2.11 bits per heavy atom. The van der Waals surface area contributed by atoms with Gasteiger partial charge in [0.25, 0.3) is 5.91 Å². The zero-order chi connectivity index (χ0) is 14.5. The van der Waals surface area contributed by atoms with Gasteiger partial charge in [-0.2, -0.15) is 0 Å². The Hall–Kier alpha value is -0.580. The van der Waals surface area contributed by atoms with Gasteiger partial charge in [0.05, 0.1) is 0 Å². The smallest absolute Gasteiger partial charge is 0.251 e. The van der Waals surface area contributed by atoms with Crippen LogP contribution in [0, 0.1) is 5.41 Å². The lowest BCUT2D eigenvalue weighted by Gasteiger charge is -2.24. The lowest BCUT2D eigenvalue weighted by atomic mass is 9.88. The van der Waals surface area contributed by atoms with Gasteiger partial charge in [0, 0.05) is 28.2 Å². The summed E-state index contributed by atoms with van der Waals surface area (Å²) in [5.41, 5.74) is 0.506. The summed E-state index contributed by atoms with van der Waals surface area (Å²) in [5.74, 6) is -0.139. The third-order valence-corrected chi connectivity index (χ3v) is 3.54. The van der Waals surface area contributed by atoms with Gasteiger partial charge in [-0.3, -0.25) is 4.79 Å². The minimum Gasteiger partial charge on any atom is -0.396 e. The molecule has 0 bridgehead atoms. The van der Waals surface area contributed by atoms with E-state index in [1.165, 1.54) is 0 Å². The fraction of sp³-hybridized carbons (Fsp3) is 0.500. The molecule has 0 aliphatic carbocycles. The van der Waals surface area contributed by atoms with Crippen LogP contribution in [0.2, 0.25) is 5.02 Å². The van der Waals surface area contributed by atoms with Gasteiger partial charge in [-0.05, 0) is 36.5 Å². The number of aliphatic hydroxyl groups is 1. The molecule has 0 radical (unpaired) electrons. The maximum absolute atomic E-state index is 12.0. The molecular formula is C14H19BrClNO2.